The molecule has 0 spiro atoms. The first-order chi connectivity index (χ1) is 8.58. The number of ether oxygens (including phenoxy) is 1. The molecule has 1 aromatic carbocycles. The third-order valence-electron chi connectivity index (χ3n) is 2.95. The van der Waals surface area contributed by atoms with Gasteiger partial charge in [0, 0.05) is 13.0 Å². The van der Waals surface area contributed by atoms with E-state index in [2.05, 4.69) is 18.3 Å². The quantitative estimate of drug-likeness (QED) is 0.802. The number of rotatable bonds is 6. The van der Waals surface area contributed by atoms with Crippen molar-refractivity contribution in [2.45, 2.75) is 26.7 Å². The number of carbonyl (C=O) groups is 1. The van der Waals surface area contributed by atoms with Crippen molar-refractivity contribution in [1.29, 1.82) is 0 Å². The van der Waals surface area contributed by atoms with Crippen molar-refractivity contribution in [2.75, 3.05) is 20.3 Å². The van der Waals surface area contributed by atoms with Crippen molar-refractivity contribution in [2.24, 2.45) is 0 Å². The van der Waals surface area contributed by atoms with Crippen LogP contribution < -0.4 is 10.1 Å². The molecule has 0 aliphatic carbocycles. The van der Waals surface area contributed by atoms with Crippen LogP contribution in [0.1, 0.15) is 23.1 Å². The van der Waals surface area contributed by atoms with Crippen LogP contribution in [0.3, 0.4) is 0 Å². The number of carbonyl (C=O) groups excluding carboxylic acids is 1. The van der Waals surface area contributed by atoms with Gasteiger partial charge in [-0.25, -0.2) is 0 Å². The molecule has 4 nitrogen and oxygen atoms in total. The van der Waals surface area contributed by atoms with Gasteiger partial charge in [0.1, 0.15) is 5.75 Å². The highest BCUT2D eigenvalue weighted by molar-refractivity contribution is 5.75. The fraction of sp³-hybridized carbons (Fsp3) is 0.500. The van der Waals surface area contributed by atoms with Gasteiger partial charge in [0.2, 0.25) is 5.91 Å². The summed E-state index contributed by atoms with van der Waals surface area (Å²) in [5.41, 5.74) is 3.50. The minimum Gasteiger partial charge on any atom is -0.496 e. The molecule has 0 atom stereocenters. The number of hydrogen-bond donors (Lipinski definition) is 2. The molecule has 1 rings (SSSR count). The summed E-state index contributed by atoms with van der Waals surface area (Å²) in [6.07, 6.45) is 0.880. The Morgan fingerprint density at radius 2 is 2.00 bits per heavy atom. The second kappa shape index (κ2) is 7.01. The first-order valence-electron chi connectivity index (χ1n) is 6.10. The standard InChI is InChI=1S/C14H21NO3/c1-10-8-12(13(18-3)9-11(10)2)4-6-15-14(17)5-7-16/h8-9,16H,4-7H2,1-3H3,(H,15,17). The summed E-state index contributed by atoms with van der Waals surface area (Å²) >= 11 is 0. The number of aryl methyl sites for hydroxylation is 2. The molecule has 2 N–H and O–H groups in total. The molecule has 0 fully saturated rings. The molecule has 0 saturated carbocycles. The van der Waals surface area contributed by atoms with Gasteiger partial charge < -0.3 is 15.2 Å². The Morgan fingerprint density at radius 1 is 1.33 bits per heavy atom. The van der Waals surface area contributed by atoms with E-state index < -0.39 is 0 Å². The monoisotopic (exact) mass is 251 g/mol. The van der Waals surface area contributed by atoms with Gasteiger partial charge in [0.05, 0.1) is 13.7 Å². The summed E-state index contributed by atoms with van der Waals surface area (Å²) in [6, 6.07) is 4.10. The van der Waals surface area contributed by atoms with E-state index in [0.29, 0.717) is 6.54 Å². The Labute approximate surface area is 108 Å². The van der Waals surface area contributed by atoms with Crippen molar-refractivity contribution < 1.29 is 14.6 Å². The van der Waals surface area contributed by atoms with E-state index in [0.717, 1.165) is 17.7 Å². The Balaban J connectivity index is 2.61. The molecule has 1 amide bonds. The number of amides is 1. The van der Waals surface area contributed by atoms with Gasteiger partial charge in [-0.15, -0.1) is 0 Å². The van der Waals surface area contributed by atoms with Crippen LogP contribution in [0.5, 0.6) is 5.75 Å². The highest BCUT2D eigenvalue weighted by Gasteiger charge is 2.06. The predicted molar refractivity (Wildman–Crippen MR) is 70.9 cm³/mol. The third kappa shape index (κ3) is 4.04. The van der Waals surface area contributed by atoms with Gasteiger partial charge in [0.15, 0.2) is 0 Å². The fourth-order valence-electron chi connectivity index (χ4n) is 1.76. The van der Waals surface area contributed by atoms with E-state index in [4.69, 9.17) is 9.84 Å². The summed E-state index contributed by atoms with van der Waals surface area (Å²) < 4.78 is 5.33. The van der Waals surface area contributed by atoms with Crippen LogP contribution in [0.25, 0.3) is 0 Å². The van der Waals surface area contributed by atoms with E-state index in [-0.39, 0.29) is 18.9 Å². The Hall–Kier alpha value is -1.55. The Bertz CT molecular complexity index is 416. The lowest BCUT2D eigenvalue weighted by Gasteiger charge is -2.12. The number of aliphatic hydroxyl groups excluding tert-OH is 1. The second-order valence-corrected chi connectivity index (χ2v) is 4.32. The number of methoxy groups -OCH3 is 1. The molecule has 0 aromatic heterocycles. The molecule has 0 aliphatic heterocycles. The molecule has 1 aromatic rings. The van der Waals surface area contributed by atoms with E-state index in [1.54, 1.807) is 7.11 Å². The summed E-state index contributed by atoms with van der Waals surface area (Å²) in [7, 11) is 1.65. The van der Waals surface area contributed by atoms with Gasteiger partial charge in [-0.05, 0) is 43.0 Å². The van der Waals surface area contributed by atoms with Crippen molar-refractivity contribution in [3.05, 3.63) is 28.8 Å². The Kier molecular flexibility index (Phi) is 5.65. The first-order valence-corrected chi connectivity index (χ1v) is 6.10. The summed E-state index contributed by atoms with van der Waals surface area (Å²) in [6.45, 7) is 4.55. The molecule has 0 bridgehead atoms. The number of nitrogens with one attached hydrogen (secondary N) is 1. The zero-order valence-electron chi connectivity index (χ0n) is 11.2. The molecule has 0 radical (unpaired) electrons. The molecule has 0 aliphatic rings. The molecule has 100 valence electrons. The van der Waals surface area contributed by atoms with E-state index in [1.807, 2.05) is 13.0 Å². The molecular weight excluding hydrogens is 230 g/mol. The first kappa shape index (κ1) is 14.5. The minimum atomic E-state index is -0.125. The smallest absolute Gasteiger partial charge is 0.222 e. The summed E-state index contributed by atoms with van der Waals surface area (Å²) in [5.74, 6) is 0.731. The fourth-order valence-corrected chi connectivity index (χ4v) is 1.76. The lowest BCUT2D eigenvalue weighted by atomic mass is 10.0. The zero-order valence-corrected chi connectivity index (χ0v) is 11.2. The van der Waals surface area contributed by atoms with Crippen LogP contribution in [0.15, 0.2) is 12.1 Å². The normalized spacial score (nSPS) is 10.2. The minimum absolute atomic E-state index is 0.112. The number of aliphatic hydroxyl groups is 1. The van der Waals surface area contributed by atoms with Crippen LogP contribution in [-0.2, 0) is 11.2 Å². The van der Waals surface area contributed by atoms with E-state index in [9.17, 15) is 4.79 Å². The van der Waals surface area contributed by atoms with Gasteiger partial charge in [-0.1, -0.05) is 6.07 Å². The maximum Gasteiger partial charge on any atom is 0.222 e. The highest BCUT2D eigenvalue weighted by atomic mass is 16.5. The van der Waals surface area contributed by atoms with Crippen molar-refractivity contribution in [3.8, 4) is 5.75 Å². The average molecular weight is 251 g/mol. The molecule has 0 saturated heterocycles. The van der Waals surface area contributed by atoms with Crippen molar-refractivity contribution in [1.82, 2.24) is 5.32 Å². The van der Waals surface area contributed by atoms with E-state index in [1.165, 1.54) is 11.1 Å². The maximum absolute atomic E-state index is 11.2. The van der Waals surface area contributed by atoms with Gasteiger partial charge >= 0.3 is 0 Å². The third-order valence-corrected chi connectivity index (χ3v) is 2.95. The van der Waals surface area contributed by atoms with Crippen LogP contribution in [0.4, 0.5) is 0 Å². The molecule has 4 heteroatoms. The van der Waals surface area contributed by atoms with E-state index >= 15 is 0 Å². The van der Waals surface area contributed by atoms with Crippen LogP contribution in [0, 0.1) is 13.8 Å². The SMILES string of the molecule is COc1cc(C)c(C)cc1CCNC(=O)CCO. The van der Waals surface area contributed by atoms with Crippen molar-refractivity contribution >= 4 is 5.91 Å². The Morgan fingerprint density at radius 3 is 2.61 bits per heavy atom. The molecule has 0 heterocycles. The molecular formula is C14H21NO3. The van der Waals surface area contributed by atoms with Crippen molar-refractivity contribution in [3.63, 3.8) is 0 Å². The maximum atomic E-state index is 11.2. The lowest BCUT2D eigenvalue weighted by molar-refractivity contribution is -0.121. The lowest BCUT2D eigenvalue weighted by Crippen LogP contribution is -2.26. The highest BCUT2D eigenvalue weighted by Crippen LogP contribution is 2.23. The summed E-state index contributed by atoms with van der Waals surface area (Å²) in [5, 5.41) is 11.4. The topological polar surface area (TPSA) is 58.6 Å². The largest absolute Gasteiger partial charge is 0.496 e. The molecule has 0 unspecified atom stereocenters. The van der Waals surface area contributed by atoms with Gasteiger partial charge in [-0.3, -0.25) is 4.79 Å². The number of benzene rings is 1. The average Bonchev–Trinajstić information content (AvgIpc) is 2.33. The van der Waals surface area contributed by atoms with Crippen LogP contribution in [0.2, 0.25) is 0 Å². The predicted octanol–water partition coefficient (Wildman–Crippen LogP) is 1.35. The number of hydrogen-bond acceptors (Lipinski definition) is 3. The zero-order chi connectivity index (χ0) is 13.5. The van der Waals surface area contributed by atoms with Gasteiger partial charge in [-0.2, -0.15) is 0 Å². The van der Waals surface area contributed by atoms with Crippen LogP contribution >= 0.6 is 0 Å². The second-order valence-electron chi connectivity index (χ2n) is 4.32. The van der Waals surface area contributed by atoms with Crippen LogP contribution in [-0.4, -0.2) is 31.3 Å². The summed E-state index contributed by atoms with van der Waals surface area (Å²) in [4.78, 5) is 11.2. The van der Waals surface area contributed by atoms with Gasteiger partial charge in [0.25, 0.3) is 0 Å². The molecule has 18 heavy (non-hydrogen) atoms.